The Kier molecular flexibility index (Phi) is 3.35. The van der Waals surface area contributed by atoms with Crippen molar-refractivity contribution in [3.63, 3.8) is 0 Å². The lowest BCUT2D eigenvalue weighted by atomic mass is 9.75. The summed E-state index contributed by atoms with van der Waals surface area (Å²) in [7, 11) is 0. The monoisotopic (exact) mass is 194 g/mol. The van der Waals surface area contributed by atoms with Gasteiger partial charge in [-0.15, -0.1) is 11.6 Å². The fourth-order valence-electron chi connectivity index (χ4n) is 1.55. The second kappa shape index (κ2) is 3.92. The van der Waals surface area contributed by atoms with E-state index in [2.05, 4.69) is 0 Å². The summed E-state index contributed by atoms with van der Waals surface area (Å²) in [6.07, 6.45) is 0.636. The summed E-state index contributed by atoms with van der Waals surface area (Å²) in [5.74, 6) is 0. The Morgan fingerprint density at radius 1 is 1.67 bits per heavy atom. The number of hydrogen-bond donors (Lipinski definition) is 2. The molecule has 0 amide bonds. The van der Waals surface area contributed by atoms with E-state index in [1.54, 1.807) is 0 Å². The average Bonchev–Trinajstić information content (AvgIpc) is 2.05. The predicted molar refractivity (Wildman–Crippen MR) is 46.3 cm³/mol. The molecular formula is C8H15ClO3. The maximum absolute atomic E-state index is 9.13. The quantitative estimate of drug-likeness (QED) is 0.636. The molecule has 0 aliphatic carbocycles. The number of alkyl halides is 1. The van der Waals surface area contributed by atoms with E-state index < -0.39 is 5.38 Å². The first-order valence-electron chi connectivity index (χ1n) is 4.17. The van der Waals surface area contributed by atoms with Gasteiger partial charge in [-0.3, -0.25) is 0 Å². The normalized spacial score (nSPS) is 37.5. The van der Waals surface area contributed by atoms with Gasteiger partial charge in [0.25, 0.3) is 0 Å². The Bertz CT molecular complexity index is 142. The van der Waals surface area contributed by atoms with Crippen molar-refractivity contribution in [2.24, 2.45) is 5.41 Å². The molecule has 0 radical (unpaired) electrons. The van der Waals surface area contributed by atoms with Crippen molar-refractivity contribution in [2.45, 2.75) is 24.8 Å². The van der Waals surface area contributed by atoms with E-state index in [0.717, 1.165) is 6.42 Å². The summed E-state index contributed by atoms with van der Waals surface area (Å²) in [5.41, 5.74) is -0.213. The molecule has 0 aromatic heterocycles. The zero-order valence-corrected chi connectivity index (χ0v) is 7.92. The van der Waals surface area contributed by atoms with E-state index in [1.807, 2.05) is 6.92 Å². The fourth-order valence-corrected chi connectivity index (χ4v) is 1.89. The van der Waals surface area contributed by atoms with Gasteiger partial charge < -0.3 is 14.9 Å². The highest BCUT2D eigenvalue weighted by atomic mass is 35.5. The molecule has 72 valence electrons. The Morgan fingerprint density at radius 2 is 2.33 bits per heavy atom. The van der Waals surface area contributed by atoms with Crippen LogP contribution >= 0.6 is 11.6 Å². The van der Waals surface area contributed by atoms with E-state index in [0.29, 0.717) is 6.61 Å². The third-order valence-corrected chi connectivity index (χ3v) is 3.04. The largest absolute Gasteiger partial charge is 0.396 e. The van der Waals surface area contributed by atoms with E-state index >= 15 is 0 Å². The first-order valence-corrected chi connectivity index (χ1v) is 4.61. The predicted octanol–water partition coefficient (Wildman–Crippen LogP) is 0.374. The lowest BCUT2D eigenvalue weighted by molar-refractivity contribution is -0.208. The summed E-state index contributed by atoms with van der Waals surface area (Å²) >= 11 is 5.82. The van der Waals surface area contributed by atoms with Gasteiger partial charge in [0.05, 0.1) is 31.3 Å². The van der Waals surface area contributed by atoms with Gasteiger partial charge in [-0.1, -0.05) is 6.92 Å². The molecule has 4 heteroatoms. The summed E-state index contributed by atoms with van der Waals surface area (Å²) in [5, 5.41) is 17.5. The van der Waals surface area contributed by atoms with Crippen molar-refractivity contribution in [3.8, 4) is 0 Å². The minimum atomic E-state index is -0.397. The summed E-state index contributed by atoms with van der Waals surface area (Å²) in [4.78, 5) is 0. The molecule has 0 aromatic rings. The Labute approximate surface area is 77.3 Å². The number of ether oxygens (including phenoxy) is 1. The first-order chi connectivity index (χ1) is 5.70. The molecule has 0 saturated carbocycles. The lowest BCUT2D eigenvalue weighted by Crippen LogP contribution is -2.58. The van der Waals surface area contributed by atoms with Gasteiger partial charge in [-0.05, 0) is 6.42 Å². The molecule has 0 bridgehead atoms. The van der Waals surface area contributed by atoms with Crippen molar-refractivity contribution in [1.82, 2.24) is 0 Å². The van der Waals surface area contributed by atoms with Crippen LogP contribution in [0.5, 0.6) is 0 Å². The summed E-state index contributed by atoms with van der Waals surface area (Å²) < 4.78 is 5.23. The van der Waals surface area contributed by atoms with Crippen LogP contribution in [0.4, 0.5) is 0 Å². The fraction of sp³-hybridized carbons (Fsp3) is 1.00. The van der Waals surface area contributed by atoms with E-state index in [1.165, 1.54) is 0 Å². The molecule has 0 aromatic carbocycles. The van der Waals surface area contributed by atoms with Crippen LogP contribution in [0.3, 0.4) is 0 Å². The Balaban J connectivity index is 2.56. The molecule has 3 unspecified atom stereocenters. The van der Waals surface area contributed by atoms with E-state index in [4.69, 9.17) is 26.6 Å². The maximum atomic E-state index is 9.13. The Morgan fingerprint density at radius 3 is 2.58 bits per heavy atom. The number of aliphatic hydroxyl groups is 2. The second-order valence-corrected chi connectivity index (χ2v) is 3.86. The zero-order valence-electron chi connectivity index (χ0n) is 7.16. The third-order valence-electron chi connectivity index (χ3n) is 2.68. The van der Waals surface area contributed by atoms with Crippen molar-refractivity contribution in [2.75, 3.05) is 19.8 Å². The van der Waals surface area contributed by atoms with E-state index in [-0.39, 0.29) is 24.7 Å². The molecule has 1 heterocycles. The van der Waals surface area contributed by atoms with Gasteiger partial charge >= 0.3 is 0 Å². The highest BCUT2D eigenvalue weighted by Gasteiger charge is 2.49. The van der Waals surface area contributed by atoms with E-state index in [9.17, 15) is 0 Å². The van der Waals surface area contributed by atoms with Crippen LogP contribution in [-0.4, -0.2) is 41.5 Å². The van der Waals surface area contributed by atoms with Crippen molar-refractivity contribution in [1.29, 1.82) is 0 Å². The topological polar surface area (TPSA) is 49.7 Å². The smallest absolute Gasteiger partial charge is 0.0861 e. The molecule has 12 heavy (non-hydrogen) atoms. The standard InChI is InChI=1S/C8H15ClO3/c1-2-8(4-11)5-12-7(8)6(9)3-10/h6-7,10-11H,2-5H2,1H3. The second-order valence-electron chi connectivity index (χ2n) is 3.30. The van der Waals surface area contributed by atoms with Crippen LogP contribution in [0.15, 0.2) is 0 Å². The molecule has 1 aliphatic heterocycles. The summed E-state index contributed by atoms with van der Waals surface area (Å²) in [6, 6.07) is 0. The number of rotatable bonds is 4. The van der Waals surface area contributed by atoms with Gasteiger partial charge in [0, 0.05) is 5.41 Å². The minimum absolute atomic E-state index is 0.0807. The van der Waals surface area contributed by atoms with Crippen molar-refractivity contribution >= 4 is 11.6 Å². The molecule has 1 fully saturated rings. The summed E-state index contributed by atoms with van der Waals surface area (Å²) in [6.45, 7) is 2.52. The van der Waals surface area contributed by atoms with Crippen LogP contribution in [0, 0.1) is 5.41 Å². The lowest BCUT2D eigenvalue weighted by Gasteiger charge is -2.49. The van der Waals surface area contributed by atoms with Crippen LogP contribution < -0.4 is 0 Å². The molecule has 3 atom stereocenters. The SMILES string of the molecule is CCC1(CO)COC1C(Cl)CO. The minimum Gasteiger partial charge on any atom is -0.396 e. The Hall–Kier alpha value is 0.170. The highest BCUT2D eigenvalue weighted by molar-refractivity contribution is 6.21. The molecule has 1 aliphatic rings. The number of aliphatic hydroxyl groups excluding tert-OH is 2. The van der Waals surface area contributed by atoms with Gasteiger partial charge in [-0.2, -0.15) is 0 Å². The van der Waals surface area contributed by atoms with Gasteiger partial charge in [0.1, 0.15) is 0 Å². The molecule has 3 nitrogen and oxygen atoms in total. The number of hydrogen-bond acceptors (Lipinski definition) is 3. The van der Waals surface area contributed by atoms with Gasteiger partial charge in [-0.25, -0.2) is 0 Å². The van der Waals surface area contributed by atoms with Crippen LogP contribution in [0.1, 0.15) is 13.3 Å². The maximum Gasteiger partial charge on any atom is 0.0861 e. The molecule has 1 saturated heterocycles. The van der Waals surface area contributed by atoms with Crippen LogP contribution in [0.2, 0.25) is 0 Å². The molecule has 1 rings (SSSR count). The van der Waals surface area contributed by atoms with Crippen LogP contribution in [0.25, 0.3) is 0 Å². The van der Waals surface area contributed by atoms with Crippen LogP contribution in [-0.2, 0) is 4.74 Å². The molecular weight excluding hydrogens is 180 g/mol. The van der Waals surface area contributed by atoms with Crippen molar-refractivity contribution < 1.29 is 14.9 Å². The van der Waals surface area contributed by atoms with Gasteiger partial charge in [0.15, 0.2) is 0 Å². The highest BCUT2D eigenvalue weighted by Crippen LogP contribution is 2.40. The molecule has 2 N–H and O–H groups in total. The average molecular weight is 195 g/mol. The van der Waals surface area contributed by atoms with Crippen molar-refractivity contribution in [3.05, 3.63) is 0 Å². The zero-order chi connectivity index (χ0) is 9.19. The first kappa shape index (κ1) is 10.3. The molecule has 0 spiro atoms. The van der Waals surface area contributed by atoms with Gasteiger partial charge in [0.2, 0.25) is 0 Å². The number of halogens is 1. The third kappa shape index (κ3) is 1.46.